The largest absolute Gasteiger partial charge is 0.349 e. The molecule has 138 valence electrons. The van der Waals surface area contributed by atoms with Crippen LogP contribution in [0.3, 0.4) is 0 Å². The van der Waals surface area contributed by atoms with Crippen LogP contribution in [0.4, 0.5) is 5.82 Å². The van der Waals surface area contributed by atoms with Crippen LogP contribution in [0, 0.1) is 11.8 Å². The summed E-state index contributed by atoms with van der Waals surface area (Å²) in [4.78, 5) is 29.8. The lowest BCUT2D eigenvalue weighted by molar-refractivity contribution is -0.114. The molecular weight excluding hydrogens is 318 g/mol. The Balaban J connectivity index is 1.52. The number of anilines is 1. The van der Waals surface area contributed by atoms with E-state index in [2.05, 4.69) is 15.2 Å². The summed E-state index contributed by atoms with van der Waals surface area (Å²) < 4.78 is 1.72. The number of carbonyl (C=O) groups is 1. The van der Waals surface area contributed by atoms with Crippen molar-refractivity contribution in [3.63, 3.8) is 0 Å². The van der Waals surface area contributed by atoms with Crippen molar-refractivity contribution in [1.82, 2.24) is 14.5 Å². The summed E-state index contributed by atoms with van der Waals surface area (Å²) in [5.74, 6) is 1.49. The molecule has 1 unspecified atom stereocenters. The van der Waals surface area contributed by atoms with Gasteiger partial charge < -0.3 is 16.0 Å². The minimum atomic E-state index is -0.278. The molecule has 2 aliphatic rings. The molecule has 0 bridgehead atoms. The molecule has 1 aromatic rings. The second kappa shape index (κ2) is 8.10. The van der Waals surface area contributed by atoms with Gasteiger partial charge in [-0.25, -0.2) is 4.79 Å². The molecule has 3 rings (SSSR count). The summed E-state index contributed by atoms with van der Waals surface area (Å²) >= 11 is 0. The molecule has 2 fully saturated rings. The highest BCUT2D eigenvalue weighted by Crippen LogP contribution is 2.32. The Labute approximate surface area is 148 Å². The second-order valence-corrected chi connectivity index (χ2v) is 7.51. The van der Waals surface area contributed by atoms with Crippen molar-refractivity contribution < 1.29 is 4.79 Å². The molecule has 1 saturated heterocycles. The summed E-state index contributed by atoms with van der Waals surface area (Å²) in [6.45, 7) is 5.69. The van der Waals surface area contributed by atoms with Crippen molar-refractivity contribution in [3.8, 4) is 0 Å². The number of amides is 1. The van der Waals surface area contributed by atoms with Gasteiger partial charge in [0.25, 0.3) is 0 Å². The summed E-state index contributed by atoms with van der Waals surface area (Å²) in [7, 11) is 0. The SMILES string of the molecule is CC(=O)Nc1ccn(C2CCC(CN3CCC(CN)C3)CC2)c(=O)n1. The molecule has 1 atom stereocenters. The van der Waals surface area contributed by atoms with Gasteiger partial charge in [0.15, 0.2) is 0 Å². The zero-order chi connectivity index (χ0) is 17.8. The van der Waals surface area contributed by atoms with Gasteiger partial charge in [0.1, 0.15) is 5.82 Å². The molecule has 1 saturated carbocycles. The van der Waals surface area contributed by atoms with Crippen LogP contribution in [0.25, 0.3) is 0 Å². The minimum absolute atomic E-state index is 0.219. The monoisotopic (exact) mass is 347 g/mol. The van der Waals surface area contributed by atoms with E-state index in [1.807, 2.05) is 0 Å². The molecule has 1 aliphatic heterocycles. The van der Waals surface area contributed by atoms with Crippen molar-refractivity contribution in [2.45, 2.75) is 45.1 Å². The quantitative estimate of drug-likeness (QED) is 0.835. The summed E-state index contributed by atoms with van der Waals surface area (Å²) in [6, 6.07) is 1.92. The zero-order valence-corrected chi connectivity index (χ0v) is 15.0. The Morgan fingerprint density at radius 3 is 2.64 bits per heavy atom. The predicted octanol–water partition coefficient (Wildman–Crippen LogP) is 1.21. The molecule has 7 nitrogen and oxygen atoms in total. The topological polar surface area (TPSA) is 93.3 Å². The number of nitrogens with two attached hydrogens (primary N) is 1. The fraction of sp³-hybridized carbons (Fsp3) is 0.722. The molecule has 0 radical (unpaired) electrons. The van der Waals surface area contributed by atoms with Gasteiger partial charge in [0, 0.05) is 32.3 Å². The summed E-state index contributed by atoms with van der Waals surface area (Å²) in [5.41, 5.74) is 5.50. The third-order valence-corrected chi connectivity index (χ3v) is 5.56. The number of hydrogen-bond acceptors (Lipinski definition) is 5. The van der Waals surface area contributed by atoms with E-state index in [1.165, 1.54) is 19.9 Å². The van der Waals surface area contributed by atoms with Crippen LogP contribution in [0.2, 0.25) is 0 Å². The second-order valence-electron chi connectivity index (χ2n) is 7.51. The molecule has 25 heavy (non-hydrogen) atoms. The lowest BCUT2D eigenvalue weighted by atomic mass is 9.85. The van der Waals surface area contributed by atoms with Gasteiger partial charge in [-0.05, 0) is 63.1 Å². The van der Waals surface area contributed by atoms with Gasteiger partial charge in [-0.15, -0.1) is 0 Å². The number of rotatable bonds is 5. The Hall–Kier alpha value is -1.73. The Kier molecular flexibility index (Phi) is 5.86. The average molecular weight is 347 g/mol. The van der Waals surface area contributed by atoms with E-state index in [9.17, 15) is 9.59 Å². The van der Waals surface area contributed by atoms with Crippen LogP contribution in [0.15, 0.2) is 17.1 Å². The third-order valence-electron chi connectivity index (χ3n) is 5.56. The highest BCUT2D eigenvalue weighted by Gasteiger charge is 2.27. The van der Waals surface area contributed by atoms with E-state index in [1.54, 1.807) is 16.8 Å². The van der Waals surface area contributed by atoms with Crippen molar-refractivity contribution in [3.05, 3.63) is 22.7 Å². The van der Waals surface area contributed by atoms with Crippen LogP contribution >= 0.6 is 0 Å². The number of aromatic nitrogens is 2. The lowest BCUT2D eigenvalue weighted by Crippen LogP contribution is -2.33. The first-order chi connectivity index (χ1) is 12.0. The molecule has 0 spiro atoms. The van der Waals surface area contributed by atoms with Crippen LogP contribution < -0.4 is 16.7 Å². The van der Waals surface area contributed by atoms with Gasteiger partial charge in [0.2, 0.25) is 5.91 Å². The molecule has 3 N–H and O–H groups in total. The van der Waals surface area contributed by atoms with Crippen molar-refractivity contribution >= 4 is 11.7 Å². The molecular formula is C18H29N5O2. The molecule has 1 aromatic heterocycles. The summed E-state index contributed by atoms with van der Waals surface area (Å²) in [5, 5.41) is 2.55. The van der Waals surface area contributed by atoms with Gasteiger partial charge in [0.05, 0.1) is 0 Å². The fourth-order valence-corrected chi connectivity index (χ4v) is 4.18. The fourth-order valence-electron chi connectivity index (χ4n) is 4.18. The number of likely N-dealkylation sites (tertiary alicyclic amines) is 1. The number of hydrogen-bond donors (Lipinski definition) is 2. The van der Waals surface area contributed by atoms with E-state index >= 15 is 0 Å². The molecule has 2 heterocycles. The maximum Gasteiger partial charge on any atom is 0.349 e. The van der Waals surface area contributed by atoms with Crippen LogP contribution in [-0.2, 0) is 4.79 Å². The molecule has 0 aromatic carbocycles. The minimum Gasteiger partial charge on any atom is -0.330 e. The maximum absolute atomic E-state index is 12.2. The van der Waals surface area contributed by atoms with E-state index in [0.29, 0.717) is 11.7 Å². The Morgan fingerprint density at radius 1 is 1.28 bits per heavy atom. The molecule has 7 heteroatoms. The lowest BCUT2D eigenvalue weighted by Gasteiger charge is -2.32. The Bertz CT molecular complexity index is 651. The number of nitrogens with zero attached hydrogens (tertiary/aromatic N) is 3. The van der Waals surface area contributed by atoms with Crippen molar-refractivity contribution in [2.75, 3.05) is 31.5 Å². The Morgan fingerprint density at radius 2 is 2.04 bits per heavy atom. The molecule has 1 aliphatic carbocycles. The normalized spacial score (nSPS) is 27.4. The highest BCUT2D eigenvalue weighted by molar-refractivity contribution is 5.87. The van der Waals surface area contributed by atoms with Gasteiger partial charge in [-0.2, -0.15) is 4.98 Å². The first kappa shape index (κ1) is 18.1. The predicted molar refractivity (Wildman–Crippen MR) is 97.4 cm³/mol. The van der Waals surface area contributed by atoms with E-state index < -0.39 is 0 Å². The van der Waals surface area contributed by atoms with Crippen molar-refractivity contribution in [1.29, 1.82) is 0 Å². The average Bonchev–Trinajstić information content (AvgIpc) is 3.03. The maximum atomic E-state index is 12.2. The van der Waals surface area contributed by atoms with Crippen molar-refractivity contribution in [2.24, 2.45) is 17.6 Å². The smallest absolute Gasteiger partial charge is 0.330 e. The zero-order valence-electron chi connectivity index (χ0n) is 15.0. The standard InChI is InChI=1S/C18H29N5O2/c1-13(24)20-17-7-9-23(18(25)21-17)16-4-2-14(3-5-16)11-22-8-6-15(10-19)12-22/h7,9,14-16H,2-6,8,10-12,19H2,1H3,(H,20,21,24,25). The van der Waals surface area contributed by atoms with Gasteiger partial charge >= 0.3 is 5.69 Å². The van der Waals surface area contributed by atoms with Crippen LogP contribution in [0.5, 0.6) is 0 Å². The first-order valence-electron chi connectivity index (χ1n) is 9.34. The van der Waals surface area contributed by atoms with E-state index in [0.717, 1.165) is 51.2 Å². The highest BCUT2D eigenvalue weighted by atomic mass is 16.2. The van der Waals surface area contributed by atoms with Crippen LogP contribution in [0.1, 0.15) is 45.1 Å². The number of nitrogens with one attached hydrogen (secondary N) is 1. The first-order valence-corrected chi connectivity index (χ1v) is 9.34. The van der Waals surface area contributed by atoms with E-state index in [-0.39, 0.29) is 17.6 Å². The number of carbonyl (C=O) groups excluding carboxylic acids is 1. The van der Waals surface area contributed by atoms with Gasteiger partial charge in [-0.1, -0.05) is 0 Å². The molecule has 1 amide bonds. The van der Waals surface area contributed by atoms with E-state index in [4.69, 9.17) is 5.73 Å². The summed E-state index contributed by atoms with van der Waals surface area (Å²) in [6.07, 6.45) is 7.31. The third kappa shape index (κ3) is 4.67. The van der Waals surface area contributed by atoms with Gasteiger partial charge in [-0.3, -0.25) is 9.36 Å². The van der Waals surface area contributed by atoms with Crippen LogP contribution in [-0.4, -0.2) is 46.5 Å².